The zero-order chi connectivity index (χ0) is 8.36. The van der Waals surface area contributed by atoms with E-state index in [-0.39, 0.29) is 30.2 Å². The molecule has 0 bridgehead atoms. The number of amides is 1. The number of carbonyl (C=O) groups is 1. The first-order chi connectivity index (χ1) is 4.33. The van der Waals surface area contributed by atoms with E-state index in [0.29, 0.717) is 6.42 Å². The van der Waals surface area contributed by atoms with Crippen molar-refractivity contribution in [2.45, 2.75) is 27.2 Å². The van der Waals surface area contributed by atoms with Gasteiger partial charge in [-0.3, -0.25) is 4.79 Å². The van der Waals surface area contributed by atoms with Crippen LogP contribution in [0, 0.1) is 5.41 Å². The molecule has 2 nitrogen and oxygen atoms in total. The van der Waals surface area contributed by atoms with Crippen molar-refractivity contribution in [2.24, 2.45) is 5.41 Å². The molecule has 0 aliphatic rings. The van der Waals surface area contributed by atoms with Crippen molar-refractivity contribution in [1.82, 2.24) is 4.90 Å². The summed E-state index contributed by atoms with van der Waals surface area (Å²) in [6, 6.07) is 0. The van der Waals surface area contributed by atoms with Crippen LogP contribution in [0.5, 0.6) is 0 Å². The second-order valence-electron chi connectivity index (χ2n) is 4.03. The van der Waals surface area contributed by atoms with Gasteiger partial charge in [0.25, 0.3) is 0 Å². The van der Waals surface area contributed by atoms with Crippen LogP contribution >= 0.6 is 0 Å². The van der Waals surface area contributed by atoms with Crippen molar-refractivity contribution in [3.05, 3.63) is 0 Å². The normalized spacial score (nSPS) is 10.3. The summed E-state index contributed by atoms with van der Waals surface area (Å²) in [5.41, 5.74) is 0.112. The molecule has 0 aromatic rings. The van der Waals surface area contributed by atoms with Gasteiger partial charge in [-0.1, -0.05) is 20.8 Å². The minimum absolute atomic E-state index is 0. The molecule has 0 aromatic heterocycles. The van der Waals surface area contributed by atoms with E-state index >= 15 is 0 Å². The maximum atomic E-state index is 11.1. The minimum atomic E-state index is 0. The van der Waals surface area contributed by atoms with E-state index in [1.807, 2.05) is 0 Å². The Kier molecular flexibility index (Phi) is 6.01. The summed E-state index contributed by atoms with van der Waals surface area (Å²) < 4.78 is 0. The van der Waals surface area contributed by atoms with Gasteiger partial charge in [-0.05, 0) is 5.41 Å². The van der Waals surface area contributed by atoms with E-state index in [9.17, 15) is 4.79 Å². The summed E-state index contributed by atoms with van der Waals surface area (Å²) in [5, 5.41) is 0. The molecule has 0 fully saturated rings. The van der Waals surface area contributed by atoms with Crippen LogP contribution in [0.1, 0.15) is 27.2 Å². The topological polar surface area (TPSA) is 20.3 Å². The van der Waals surface area contributed by atoms with Gasteiger partial charge in [0.1, 0.15) is 0 Å². The molecule has 0 aliphatic heterocycles. The van der Waals surface area contributed by atoms with Crippen LogP contribution in [0.3, 0.4) is 0 Å². The quantitative estimate of drug-likeness (QED) is 0.509. The van der Waals surface area contributed by atoms with Crippen LogP contribution in [-0.4, -0.2) is 43.8 Å². The molecule has 0 N–H and O–H groups in total. The standard InChI is InChI=1S/C8H17NO.Li.H/c1-8(2,3)6-7(10)9(4)5;;/h6H2,1-5H3;;. The fourth-order valence-corrected chi connectivity index (χ4v) is 0.612. The number of nitrogens with zero attached hydrogens (tertiary/aromatic N) is 1. The summed E-state index contributed by atoms with van der Waals surface area (Å²) >= 11 is 0. The van der Waals surface area contributed by atoms with Crippen molar-refractivity contribution >= 4 is 24.8 Å². The Morgan fingerprint density at radius 2 is 1.64 bits per heavy atom. The fourth-order valence-electron chi connectivity index (χ4n) is 0.612. The Balaban J connectivity index is 0. The third-order valence-electron chi connectivity index (χ3n) is 1.18. The second kappa shape index (κ2) is 4.85. The van der Waals surface area contributed by atoms with Crippen LogP contribution in [0.4, 0.5) is 0 Å². The van der Waals surface area contributed by atoms with E-state index in [2.05, 4.69) is 20.8 Å². The SMILES string of the molecule is CN(C)C(=O)CC(C)(C)C.[LiH]. The Hall–Kier alpha value is 0.0674. The average molecular weight is 151 g/mol. The summed E-state index contributed by atoms with van der Waals surface area (Å²) in [4.78, 5) is 12.7. The number of carbonyl (C=O) groups excluding carboxylic acids is 1. The predicted molar refractivity (Wildman–Crippen MR) is 49.9 cm³/mol. The van der Waals surface area contributed by atoms with Gasteiger partial charge in [-0.2, -0.15) is 0 Å². The van der Waals surface area contributed by atoms with E-state index < -0.39 is 0 Å². The molecule has 0 atom stereocenters. The first-order valence-electron chi connectivity index (χ1n) is 3.53. The zero-order valence-electron chi connectivity index (χ0n) is 7.56. The summed E-state index contributed by atoms with van der Waals surface area (Å²) in [6.07, 6.45) is 0.625. The van der Waals surface area contributed by atoms with Crippen molar-refractivity contribution in [3.8, 4) is 0 Å². The molecule has 3 heteroatoms. The van der Waals surface area contributed by atoms with Gasteiger partial charge in [0.05, 0.1) is 0 Å². The van der Waals surface area contributed by atoms with E-state index in [4.69, 9.17) is 0 Å². The monoisotopic (exact) mass is 151 g/mol. The van der Waals surface area contributed by atoms with Crippen LogP contribution in [-0.2, 0) is 4.79 Å². The summed E-state index contributed by atoms with van der Waals surface area (Å²) in [7, 11) is 3.57. The van der Waals surface area contributed by atoms with Gasteiger partial charge in [-0.25, -0.2) is 0 Å². The number of rotatable bonds is 1. The van der Waals surface area contributed by atoms with Gasteiger partial charge in [0.15, 0.2) is 0 Å². The summed E-state index contributed by atoms with van der Waals surface area (Å²) in [6.45, 7) is 6.19. The molecule has 0 aliphatic carbocycles. The zero-order valence-corrected chi connectivity index (χ0v) is 7.56. The van der Waals surface area contributed by atoms with Crippen molar-refractivity contribution in [3.63, 3.8) is 0 Å². The number of hydrogen-bond acceptors (Lipinski definition) is 1. The first kappa shape index (κ1) is 13.6. The molecule has 0 aromatic carbocycles. The van der Waals surface area contributed by atoms with Crippen LogP contribution in [0.15, 0.2) is 0 Å². The molecule has 0 unspecified atom stereocenters. The molecule has 11 heavy (non-hydrogen) atoms. The molecule has 0 radical (unpaired) electrons. The molecule has 0 rings (SSSR count). The molecule has 0 spiro atoms. The van der Waals surface area contributed by atoms with Crippen molar-refractivity contribution < 1.29 is 4.79 Å². The molecular formula is C8H18LiNO. The van der Waals surface area contributed by atoms with Gasteiger partial charge in [0, 0.05) is 20.5 Å². The van der Waals surface area contributed by atoms with Crippen LogP contribution in [0.2, 0.25) is 0 Å². The van der Waals surface area contributed by atoms with Gasteiger partial charge in [0.2, 0.25) is 5.91 Å². The van der Waals surface area contributed by atoms with Crippen molar-refractivity contribution in [2.75, 3.05) is 14.1 Å². The van der Waals surface area contributed by atoms with Crippen molar-refractivity contribution in [1.29, 1.82) is 0 Å². The second-order valence-corrected chi connectivity index (χ2v) is 4.03. The molecule has 0 saturated heterocycles. The van der Waals surface area contributed by atoms with E-state index in [1.54, 1.807) is 19.0 Å². The van der Waals surface area contributed by atoms with Crippen LogP contribution in [0.25, 0.3) is 0 Å². The Morgan fingerprint density at radius 1 is 1.27 bits per heavy atom. The Labute approximate surface area is 81.5 Å². The third kappa shape index (κ3) is 7.97. The molecule has 1 amide bonds. The van der Waals surface area contributed by atoms with Gasteiger partial charge >= 0.3 is 18.9 Å². The molecular weight excluding hydrogens is 133 g/mol. The summed E-state index contributed by atoms with van der Waals surface area (Å²) in [5.74, 6) is 0.201. The van der Waals surface area contributed by atoms with Gasteiger partial charge in [-0.15, -0.1) is 0 Å². The molecule has 0 saturated carbocycles. The van der Waals surface area contributed by atoms with E-state index in [1.165, 1.54) is 0 Å². The first-order valence-corrected chi connectivity index (χ1v) is 3.53. The third-order valence-corrected chi connectivity index (χ3v) is 1.18. The Bertz CT molecular complexity index is 127. The van der Waals surface area contributed by atoms with E-state index in [0.717, 1.165) is 0 Å². The molecule has 62 valence electrons. The predicted octanol–water partition coefficient (Wildman–Crippen LogP) is 0.862. The van der Waals surface area contributed by atoms with Crippen LogP contribution < -0.4 is 0 Å². The maximum absolute atomic E-state index is 11.1. The fraction of sp³-hybridized carbons (Fsp3) is 0.875. The number of hydrogen-bond donors (Lipinski definition) is 0. The van der Waals surface area contributed by atoms with Gasteiger partial charge < -0.3 is 4.90 Å². The average Bonchev–Trinajstić information content (AvgIpc) is 1.60. The molecule has 0 heterocycles. The Morgan fingerprint density at radius 3 is 1.73 bits per heavy atom.